The van der Waals surface area contributed by atoms with Crippen molar-refractivity contribution in [1.29, 1.82) is 0 Å². The van der Waals surface area contributed by atoms with Gasteiger partial charge in [-0.15, -0.1) is 0 Å². The fourth-order valence-electron chi connectivity index (χ4n) is 3.65. The summed E-state index contributed by atoms with van der Waals surface area (Å²) in [5, 5.41) is 11.1. The molecule has 0 bridgehead atoms. The summed E-state index contributed by atoms with van der Waals surface area (Å²) in [5.74, 6) is -0.0801. The van der Waals surface area contributed by atoms with Gasteiger partial charge in [0.2, 0.25) is 0 Å². The van der Waals surface area contributed by atoms with Crippen LogP contribution < -0.4 is 5.56 Å². The molecule has 1 aromatic carbocycles. The van der Waals surface area contributed by atoms with Crippen LogP contribution >= 0.6 is 0 Å². The van der Waals surface area contributed by atoms with Crippen molar-refractivity contribution in [3.63, 3.8) is 0 Å². The molecule has 1 unspecified atom stereocenters. The zero-order chi connectivity index (χ0) is 19.7. The van der Waals surface area contributed by atoms with E-state index in [0.29, 0.717) is 24.4 Å². The van der Waals surface area contributed by atoms with Crippen LogP contribution in [0.1, 0.15) is 27.9 Å². The summed E-state index contributed by atoms with van der Waals surface area (Å²) in [6, 6.07) is 11.1. The van der Waals surface area contributed by atoms with E-state index in [0.717, 1.165) is 11.1 Å². The van der Waals surface area contributed by atoms with E-state index in [-0.39, 0.29) is 12.1 Å². The number of carbonyl (C=O) groups is 1. The van der Waals surface area contributed by atoms with E-state index in [1.807, 2.05) is 31.2 Å². The summed E-state index contributed by atoms with van der Waals surface area (Å²) in [6.07, 6.45) is 4.92. The zero-order valence-electron chi connectivity index (χ0n) is 15.4. The van der Waals surface area contributed by atoms with Crippen molar-refractivity contribution in [3.8, 4) is 11.4 Å². The maximum Gasteiger partial charge on any atom is 0.264 e. The number of rotatable bonds is 3. The number of aliphatic hydroxyl groups is 1. The summed E-state index contributed by atoms with van der Waals surface area (Å²) in [6.45, 7) is 2.44. The summed E-state index contributed by atoms with van der Waals surface area (Å²) in [7, 11) is 0. The van der Waals surface area contributed by atoms with E-state index in [4.69, 9.17) is 0 Å². The number of pyridine rings is 1. The Balaban J connectivity index is 1.57. The molecule has 0 aliphatic carbocycles. The Hall–Kier alpha value is -3.32. The lowest BCUT2D eigenvalue weighted by atomic mass is 9.89. The molecule has 0 radical (unpaired) electrons. The SMILES string of the molecule is Cc1ccccc1C1(O)CCN(C(=O)c2cnc(-c3cccnc3)[nH]c2=O)C1. The number of nitrogens with one attached hydrogen (secondary N) is 1. The van der Waals surface area contributed by atoms with Crippen LogP contribution in [0.5, 0.6) is 0 Å². The molecule has 1 atom stereocenters. The number of aryl methyl sites for hydroxylation is 1. The van der Waals surface area contributed by atoms with Crippen molar-refractivity contribution < 1.29 is 9.90 Å². The van der Waals surface area contributed by atoms with Gasteiger partial charge < -0.3 is 15.0 Å². The van der Waals surface area contributed by atoms with Crippen molar-refractivity contribution in [2.24, 2.45) is 0 Å². The van der Waals surface area contributed by atoms with Gasteiger partial charge in [0.15, 0.2) is 0 Å². The number of β-amino-alcohol motifs (C(OH)–C–C–N with tert-alkyl or cyclic N) is 1. The van der Waals surface area contributed by atoms with Crippen LogP contribution in [0.2, 0.25) is 0 Å². The second-order valence-electron chi connectivity index (χ2n) is 7.04. The number of carbonyl (C=O) groups excluding carboxylic acids is 1. The Morgan fingerprint density at radius 1 is 1.21 bits per heavy atom. The predicted molar refractivity (Wildman–Crippen MR) is 104 cm³/mol. The molecule has 3 heterocycles. The Bertz CT molecular complexity index is 1080. The van der Waals surface area contributed by atoms with Gasteiger partial charge in [-0.3, -0.25) is 14.6 Å². The maximum absolute atomic E-state index is 12.9. The van der Waals surface area contributed by atoms with E-state index in [1.165, 1.54) is 11.1 Å². The highest BCUT2D eigenvalue weighted by Gasteiger charge is 2.41. The number of H-pyrrole nitrogens is 1. The standard InChI is InChI=1S/C21H20N4O3/c1-14-5-2-3-7-17(14)21(28)8-10-25(13-21)20(27)16-12-23-18(24-19(16)26)15-6-4-9-22-11-15/h2-7,9,11-12,28H,8,10,13H2,1H3,(H,23,24,26). The number of benzene rings is 1. The van der Waals surface area contributed by atoms with Crippen LogP contribution in [0.4, 0.5) is 0 Å². The van der Waals surface area contributed by atoms with E-state index >= 15 is 0 Å². The molecule has 1 fully saturated rings. The number of likely N-dealkylation sites (tertiary alicyclic amines) is 1. The predicted octanol–water partition coefficient (Wildman–Crippen LogP) is 1.87. The average molecular weight is 376 g/mol. The summed E-state index contributed by atoms with van der Waals surface area (Å²) < 4.78 is 0. The largest absolute Gasteiger partial charge is 0.383 e. The maximum atomic E-state index is 12.9. The average Bonchev–Trinajstić information content (AvgIpc) is 3.11. The van der Waals surface area contributed by atoms with Crippen molar-refractivity contribution >= 4 is 5.91 Å². The van der Waals surface area contributed by atoms with Gasteiger partial charge in [-0.05, 0) is 36.6 Å². The smallest absolute Gasteiger partial charge is 0.264 e. The Morgan fingerprint density at radius 2 is 2.04 bits per heavy atom. The lowest BCUT2D eigenvalue weighted by molar-refractivity contribution is 0.0412. The zero-order valence-corrected chi connectivity index (χ0v) is 15.4. The van der Waals surface area contributed by atoms with Crippen LogP contribution in [0.15, 0.2) is 59.8 Å². The van der Waals surface area contributed by atoms with Crippen molar-refractivity contribution in [2.45, 2.75) is 18.9 Å². The minimum Gasteiger partial charge on any atom is -0.383 e. The number of hydrogen-bond donors (Lipinski definition) is 2. The first kappa shape index (κ1) is 18.1. The van der Waals surface area contributed by atoms with Crippen LogP contribution in [0.3, 0.4) is 0 Å². The third kappa shape index (κ3) is 3.20. The van der Waals surface area contributed by atoms with Crippen molar-refractivity contribution in [2.75, 3.05) is 13.1 Å². The molecule has 28 heavy (non-hydrogen) atoms. The van der Waals surface area contributed by atoms with E-state index in [2.05, 4.69) is 15.0 Å². The number of aromatic amines is 1. The Kier molecular flexibility index (Phi) is 4.52. The highest BCUT2D eigenvalue weighted by Crippen LogP contribution is 2.34. The first-order valence-corrected chi connectivity index (χ1v) is 9.05. The van der Waals surface area contributed by atoms with Gasteiger partial charge in [0.1, 0.15) is 17.0 Å². The summed E-state index contributed by atoms with van der Waals surface area (Å²) >= 11 is 0. The molecule has 7 heteroatoms. The highest BCUT2D eigenvalue weighted by molar-refractivity contribution is 5.94. The van der Waals surface area contributed by atoms with Crippen molar-refractivity contribution in [1.82, 2.24) is 19.9 Å². The second-order valence-corrected chi connectivity index (χ2v) is 7.04. The molecular weight excluding hydrogens is 356 g/mol. The quantitative estimate of drug-likeness (QED) is 0.727. The van der Waals surface area contributed by atoms with Gasteiger partial charge in [-0.2, -0.15) is 0 Å². The molecule has 1 amide bonds. The van der Waals surface area contributed by atoms with Crippen LogP contribution in [0, 0.1) is 6.92 Å². The topological polar surface area (TPSA) is 99.2 Å². The monoisotopic (exact) mass is 376 g/mol. The first-order chi connectivity index (χ1) is 13.5. The van der Waals surface area contributed by atoms with Crippen LogP contribution in [-0.4, -0.2) is 44.0 Å². The molecule has 0 spiro atoms. The van der Waals surface area contributed by atoms with Gasteiger partial charge in [0.25, 0.3) is 11.5 Å². The highest BCUT2D eigenvalue weighted by atomic mass is 16.3. The van der Waals surface area contributed by atoms with Crippen LogP contribution in [-0.2, 0) is 5.60 Å². The van der Waals surface area contributed by atoms with Gasteiger partial charge in [0.05, 0.1) is 6.54 Å². The molecule has 4 rings (SSSR count). The van der Waals surface area contributed by atoms with E-state index < -0.39 is 17.1 Å². The van der Waals surface area contributed by atoms with Gasteiger partial charge in [0, 0.05) is 30.7 Å². The minimum atomic E-state index is -1.11. The third-order valence-electron chi connectivity index (χ3n) is 5.15. The second kappa shape index (κ2) is 7.01. The minimum absolute atomic E-state index is 0.0401. The number of hydrogen-bond acceptors (Lipinski definition) is 5. The molecular formula is C21H20N4O3. The lowest BCUT2D eigenvalue weighted by Gasteiger charge is -2.25. The molecule has 1 aliphatic rings. The fraction of sp³-hybridized carbons (Fsp3) is 0.238. The molecule has 1 saturated heterocycles. The molecule has 1 aliphatic heterocycles. The molecule has 0 saturated carbocycles. The molecule has 2 N–H and O–H groups in total. The number of amides is 1. The molecule has 7 nitrogen and oxygen atoms in total. The Labute approximate surface area is 161 Å². The normalized spacial score (nSPS) is 19.0. The lowest BCUT2D eigenvalue weighted by Crippen LogP contribution is -2.37. The molecule has 2 aromatic heterocycles. The van der Waals surface area contributed by atoms with E-state index in [9.17, 15) is 14.7 Å². The Morgan fingerprint density at radius 3 is 2.75 bits per heavy atom. The van der Waals surface area contributed by atoms with Crippen molar-refractivity contribution in [3.05, 3.63) is 82.0 Å². The first-order valence-electron chi connectivity index (χ1n) is 9.05. The van der Waals surface area contributed by atoms with E-state index in [1.54, 1.807) is 24.5 Å². The molecule has 142 valence electrons. The van der Waals surface area contributed by atoms with Gasteiger partial charge in [-0.1, -0.05) is 24.3 Å². The number of nitrogens with zero attached hydrogens (tertiary/aromatic N) is 3. The summed E-state index contributed by atoms with van der Waals surface area (Å²) in [4.78, 5) is 37.7. The summed E-state index contributed by atoms with van der Waals surface area (Å²) in [5.41, 5.74) is 0.779. The fourth-order valence-corrected chi connectivity index (χ4v) is 3.65. The van der Waals surface area contributed by atoms with Gasteiger partial charge in [-0.25, -0.2) is 4.98 Å². The third-order valence-corrected chi connectivity index (χ3v) is 5.15. The van der Waals surface area contributed by atoms with Gasteiger partial charge >= 0.3 is 0 Å². The molecule has 3 aromatic rings. The number of aromatic nitrogens is 3. The van der Waals surface area contributed by atoms with Crippen LogP contribution in [0.25, 0.3) is 11.4 Å².